The van der Waals surface area contributed by atoms with E-state index in [0.29, 0.717) is 12.2 Å². The number of fused-ring (bicyclic) bond motifs is 1. The zero-order chi connectivity index (χ0) is 19.2. The Kier molecular flexibility index (Phi) is 10.3. The van der Waals surface area contributed by atoms with Crippen molar-refractivity contribution in [2.75, 3.05) is 26.2 Å². The molecule has 2 aromatic rings. The average molecular weight is 449 g/mol. The molecular formula is C25H34Cl2N2O. The number of rotatable bonds is 6. The van der Waals surface area contributed by atoms with E-state index in [0.717, 1.165) is 63.5 Å². The van der Waals surface area contributed by atoms with Gasteiger partial charge < -0.3 is 5.32 Å². The molecule has 0 amide bonds. The maximum atomic E-state index is 12.7. The van der Waals surface area contributed by atoms with E-state index in [4.69, 9.17) is 0 Å². The molecule has 3 nitrogen and oxygen atoms in total. The Morgan fingerprint density at radius 3 is 2.37 bits per heavy atom. The monoisotopic (exact) mass is 448 g/mol. The lowest BCUT2D eigenvalue weighted by atomic mass is 9.90. The molecule has 0 atom stereocenters. The fourth-order valence-electron chi connectivity index (χ4n) is 4.59. The van der Waals surface area contributed by atoms with Crippen LogP contribution in [0.25, 0.3) is 0 Å². The minimum absolute atomic E-state index is 0. The van der Waals surface area contributed by atoms with Gasteiger partial charge in [-0.3, -0.25) is 9.69 Å². The van der Waals surface area contributed by atoms with Crippen molar-refractivity contribution in [1.29, 1.82) is 0 Å². The summed E-state index contributed by atoms with van der Waals surface area (Å²) in [5.74, 6) is 1.05. The van der Waals surface area contributed by atoms with Gasteiger partial charge in [-0.1, -0.05) is 42.5 Å². The summed E-state index contributed by atoms with van der Waals surface area (Å²) in [7, 11) is 0. The highest BCUT2D eigenvalue weighted by atomic mass is 35.5. The lowest BCUT2D eigenvalue weighted by Gasteiger charge is -2.22. The highest BCUT2D eigenvalue weighted by Gasteiger charge is 2.18. The molecule has 1 saturated heterocycles. The third kappa shape index (κ3) is 6.81. The number of ketones is 1. The summed E-state index contributed by atoms with van der Waals surface area (Å²) in [5.41, 5.74) is 5.10. The molecule has 5 heteroatoms. The van der Waals surface area contributed by atoms with Gasteiger partial charge in [-0.25, -0.2) is 0 Å². The Morgan fingerprint density at radius 1 is 0.933 bits per heavy atom. The van der Waals surface area contributed by atoms with Gasteiger partial charge in [0.05, 0.1) is 0 Å². The van der Waals surface area contributed by atoms with Crippen molar-refractivity contribution in [2.45, 2.75) is 45.1 Å². The van der Waals surface area contributed by atoms with Crippen LogP contribution in [0.15, 0.2) is 48.5 Å². The molecule has 4 rings (SSSR count). The summed E-state index contributed by atoms with van der Waals surface area (Å²) in [6.07, 6.45) is 6.29. The summed E-state index contributed by atoms with van der Waals surface area (Å²) in [6, 6.07) is 17.2. The van der Waals surface area contributed by atoms with Gasteiger partial charge in [0.25, 0.3) is 0 Å². The summed E-state index contributed by atoms with van der Waals surface area (Å²) in [4.78, 5) is 15.3. The quantitative estimate of drug-likeness (QED) is 0.624. The molecule has 1 N–H and O–H groups in total. The van der Waals surface area contributed by atoms with Crippen LogP contribution in [0.5, 0.6) is 0 Å². The van der Waals surface area contributed by atoms with Crippen LogP contribution in [-0.2, 0) is 19.4 Å². The van der Waals surface area contributed by atoms with E-state index in [1.54, 1.807) is 0 Å². The predicted octanol–water partition coefficient (Wildman–Crippen LogP) is 5.09. The van der Waals surface area contributed by atoms with Crippen molar-refractivity contribution >= 4 is 30.6 Å². The summed E-state index contributed by atoms with van der Waals surface area (Å²) in [5, 5.41) is 3.40. The van der Waals surface area contributed by atoms with E-state index in [9.17, 15) is 4.79 Å². The highest BCUT2D eigenvalue weighted by Crippen LogP contribution is 2.22. The molecular weight excluding hydrogens is 415 g/mol. The number of benzene rings is 2. The van der Waals surface area contributed by atoms with Crippen molar-refractivity contribution in [3.63, 3.8) is 0 Å². The number of carbonyl (C=O) groups excluding carboxylic acids is 1. The first kappa shape index (κ1) is 24.9. The number of hydrogen-bond donors (Lipinski definition) is 1. The fraction of sp³-hybridized carbons (Fsp3) is 0.480. The van der Waals surface area contributed by atoms with E-state index in [1.807, 2.05) is 0 Å². The highest BCUT2D eigenvalue weighted by molar-refractivity contribution is 5.96. The second-order valence-corrected chi connectivity index (χ2v) is 8.40. The number of halogens is 2. The van der Waals surface area contributed by atoms with Crippen LogP contribution in [0.3, 0.4) is 0 Å². The Bertz CT molecular complexity index is 791. The predicted molar refractivity (Wildman–Crippen MR) is 129 cm³/mol. The molecule has 0 saturated carbocycles. The van der Waals surface area contributed by atoms with E-state index in [2.05, 4.69) is 58.7 Å². The number of hydrogen-bond acceptors (Lipinski definition) is 3. The van der Waals surface area contributed by atoms with Gasteiger partial charge >= 0.3 is 0 Å². The van der Waals surface area contributed by atoms with Crippen molar-refractivity contribution in [1.82, 2.24) is 10.2 Å². The normalized spacial score (nSPS) is 17.2. The molecule has 0 bridgehead atoms. The first-order chi connectivity index (χ1) is 13.8. The van der Waals surface area contributed by atoms with Crippen LogP contribution in [0.2, 0.25) is 0 Å². The number of nitrogens with zero attached hydrogens (tertiary/aromatic N) is 1. The third-order valence-electron chi connectivity index (χ3n) is 6.41. The molecule has 0 spiro atoms. The fourth-order valence-corrected chi connectivity index (χ4v) is 4.59. The topological polar surface area (TPSA) is 32.3 Å². The molecule has 2 heterocycles. The van der Waals surface area contributed by atoms with Crippen LogP contribution in [0, 0.1) is 5.92 Å². The minimum Gasteiger partial charge on any atom is -0.317 e. The van der Waals surface area contributed by atoms with Crippen LogP contribution in [0.4, 0.5) is 0 Å². The molecule has 2 aliphatic rings. The molecule has 0 radical (unpaired) electrons. The van der Waals surface area contributed by atoms with E-state index in [-0.39, 0.29) is 24.8 Å². The van der Waals surface area contributed by atoms with E-state index in [1.165, 1.54) is 29.5 Å². The van der Waals surface area contributed by atoms with Crippen LogP contribution in [0.1, 0.15) is 52.7 Å². The van der Waals surface area contributed by atoms with Crippen molar-refractivity contribution in [3.05, 3.63) is 70.8 Å². The van der Waals surface area contributed by atoms with E-state index >= 15 is 0 Å². The molecule has 164 valence electrons. The number of piperidine rings is 1. The molecule has 0 aliphatic carbocycles. The van der Waals surface area contributed by atoms with Crippen molar-refractivity contribution in [2.24, 2.45) is 5.92 Å². The Morgan fingerprint density at radius 2 is 1.63 bits per heavy atom. The largest absolute Gasteiger partial charge is 0.317 e. The lowest BCUT2D eigenvalue weighted by Crippen LogP contribution is -2.28. The minimum atomic E-state index is 0. The van der Waals surface area contributed by atoms with Gasteiger partial charge in [-0.05, 0) is 73.9 Å². The van der Waals surface area contributed by atoms with Crippen molar-refractivity contribution in [3.8, 4) is 0 Å². The Labute approximate surface area is 193 Å². The van der Waals surface area contributed by atoms with Gasteiger partial charge in [0.1, 0.15) is 0 Å². The standard InChI is InChI=1S/C25H32N2O.2ClH/c28-25(9-6-20-10-14-26-15-11-20)24-8-7-22-12-16-27(17-13-23(22)18-24)19-21-4-2-1-3-5-21;;/h1-5,7-8,18,20,26H,6,9-17,19H2;2*1H. The third-order valence-corrected chi connectivity index (χ3v) is 6.41. The first-order valence-electron chi connectivity index (χ1n) is 10.9. The van der Waals surface area contributed by atoms with Crippen LogP contribution < -0.4 is 5.32 Å². The Balaban J connectivity index is 0.00000160. The molecule has 0 unspecified atom stereocenters. The first-order valence-corrected chi connectivity index (χ1v) is 10.9. The van der Waals surface area contributed by atoms with Crippen molar-refractivity contribution < 1.29 is 4.79 Å². The van der Waals surface area contributed by atoms with Gasteiger partial charge in [-0.15, -0.1) is 24.8 Å². The van der Waals surface area contributed by atoms with E-state index < -0.39 is 0 Å². The zero-order valence-corrected chi connectivity index (χ0v) is 19.3. The molecule has 1 fully saturated rings. The summed E-state index contributed by atoms with van der Waals surface area (Å²) < 4.78 is 0. The van der Waals surface area contributed by atoms with Gasteiger partial charge in [0, 0.05) is 31.6 Å². The second kappa shape index (κ2) is 12.5. The SMILES string of the molecule is Cl.Cl.O=C(CCC1CCNCC1)c1ccc2c(c1)CCN(Cc1ccccc1)CC2. The van der Waals surface area contributed by atoms with Gasteiger partial charge in [0.15, 0.2) is 5.78 Å². The zero-order valence-electron chi connectivity index (χ0n) is 17.6. The second-order valence-electron chi connectivity index (χ2n) is 8.40. The van der Waals surface area contributed by atoms with Gasteiger partial charge in [0.2, 0.25) is 0 Å². The maximum Gasteiger partial charge on any atom is 0.162 e. The lowest BCUT2D eigenvalue weighted by molar-refractivity contribution is 0.0970. The summed E-state index contributed by atoms with van der Waals surface area (Å²) >= 11 is 0. The van der Waals surface area contributed by atoms with Crippen LogP contribution >= 0.6 is 24.8 Å². The smallest absolute Gasteiger partial charge is 0.162 e. The van der Waals surface area contributed by atoms with Gasteiger partial charge in [-0.2, -0.15) is 0 Å². The maximum absolute atomic E-state index is 12.7. The molecule has 2 aliphatic heterocycles. The molecule has 30 heavy (non-hydrogen) atoms. The van der Waals surface area contributed by atoms with Crippen LogP contribution in [-0.4, -0.2) is 36.9 Å². The average Bonchev–Trinajstić information content (AvgIpc) is 2.95. The number of nitrogens with one attached hydrogen (secondary N) is 1. The number of carbonyl (C=O) groups is 1. The number of Topliss-reactive ketones (excluding diaryl/α,β-unsaturated/α-hetero) is 1. The Hall–Kier alpha value is -1.39. The molecule has 2 aromatic carbocycles. The molecule has 0 aromatic heterocycles. The summed E-state index contributed by atoms with van der Waals surface area (Å²) in [6.45, 7) is 5.38.